The van der Waals surface area contributed by atoms with Crippen molar-refractivity contribution in [2.24, 2.45) is 0 Å². The summed E-state index contributed by atoms with van der Waals surface area (Å²) in [4.78, 5) is 39.1. The Hall–Kier alpha value is -3.61. The number of hydrazine groups is 1. The van der Waals surface area contributed by atoms with Crippen molar-refractivity contribution < 1.29 is 14.3 Å². The van der Waals surface area contributed by atoms with Crippen molar-refractivity contribution in [3.05, 3.63) is 76.1 Å². The predicted molar refractivity (Wildman–Crippen MR) is 96.9 cm³/mol. The van der Waals surface area contributed by atoms with Gasteiger partial charge in [0.25, 0.3) is 11.8 Å². The average Bonchev–Trinajstić information content (AvgIpc) is 2.66. The van der Waals surface area contributed by atoms with Crippen LogP contribution in [0.2, 0.25) is 0 Å². The molecule has 0 atom stereocenters. The van der Waals surface area contributed by atoms with E-state index in [0.717, 1.165) is 5.56 Å². The van der Waals surface area contributed by atoms with E-state index < -0.39 is 17.2 Å². The molecule has 0 spiro atoms. The van der Waals surface area contributed by atoms with Gasteiger partial charge in [-0.3, -0.25) is 25.2 Å². The summed E-state index contributed by atoms with van der Waals surface area (Å²) in [7, 11) is 0. The minimum Gasteiger partial charge on any atom is -0.484 e. The number of aromatic nitrogens is 1. The number of aromatic amines is 1. The smallest absolute Gasteiger partial charge is 0.276 e. The second-order valence-corrected chi connectivity index (χ2v) is 5.68. The van der Waals surface area contributed by atoms with E-state index in [4.69, 9.17) is 4.74 Å². The first-order valence-corrected chi connectivity index (χ1v) is 7.93. The van der Waals surface area contributed by atoms with Gasteiger partial charge in [-0.15, -0.1) is 0 Å². The second-order valence-electron chi connectivity index (χ2n) is 5.68. The fourth-order valence-electron chi connectivity index (χ4n) is 2.35. The lowest BCUT2D eigenvalue weighted by Gasteiger charge is -2.09. The van der Waals surface area contributed by atoms with Crippen LogP contribution in [0.4, 0.5) is 0 Å². The molecule has 3 aromatic rings. The highest BCUT2D eigenvalue weighted by Gasteiger charge is 2.13. The van der Waals surface area contributed by atoms with Gasteiger partial charge in [-0.05, 0) is 31.2 Å². The monoisotopic (exact) mass is 351 g/mol. The first-order chi connectivity index (χ1) is 12.5. The molecule has 0 aliphatic rings. The number of aryl methyl sites for hydroxylation is 1. The molecule has 0 saturated heterocycles. The van der Waals surface area contributed by atoms with E-state index in [-0.39, 0.29) is 12.2 Å². The Bertz CT molecular complexity index is 1010. The van der Waals surface area contributed by atoms with E-state index in [9.17, 15) is 14.4 Å². The van der Waals surface area contributed by atoms with E-state index in [1.54, 1.807) is 36.4 Å². The quantitative estimate of drug-likeness (QED) is 0.623. The molecule has 2 amide bonds. The summed E-state index contributed by atoms with van der Waals surface area (Å²) in [6, 6.07) is 14.1. The molecule has 0 fully saturated rings. The first kappa shape index (κ1) is 17.2. The largest absolute Gasteiger partial charge is 0.484 e. The number of para-hydroxylation sites is 1. The van der Waals surface area contributed by atoms with Crippen LogP contribution in [-0.2, 0) is 4.79 Å². The van der Waals surface area contributed by atoms with Crippen LogP contribution in [0.15, 0.2) is 59.5 Å². The fourth-order valence-corrected chi connectivity index (χ4v) is 2.35. The molecular formula is C19H17N3O4. The Labute approximate surface area is 149 Å². The maximum atomic E-state index is 12.3. The highest BCUT2D eigenvalue weighted by molar-refractivity contribution is 5.98. The number of carbonyl (C=O) groups is 2. The van der Waals surface area contributed by atoms with E-state index in [0.29, 0.717) is 16.7 Å². The Kier molecular flexibility index (Phi) is 4.98. The van der Waals surface area contributed by atoms with Gasteiger partial charge in [0.1, 0.15) is 11.3 Å². The number of carbonyl (C=O) groups excluding carboxylic acids is 2. The van der Waals surface area contributed by atoms with E-state index in [1.807, 2.05) is 19.1 Å². The average molecular weight is 351 g/mol. The van der Waals surface area contributed by atoms with Gasteiger partial charge >= 0.3 is 0 Å². The maximum absolute atomic E-state index is 12.3. The first-order valence-electron chi connectivity index (χ1n) is 7.93. The van der Waals surface area contributed by atoms with Crippen LogP contribution in [0.3, 0.4) is 0 Å². The molecule has 7 heteroatoms. The Balaban J connectivity index is 1.58. The molecule has 132 valence electrons. The number of ether oxygens (including phenoxy) is 1. The molecule has 7 nitrogen and oxygen atoms in total. The second kappa shape index (κ2) is 7.52. The predicted octanol–water partition coefficient (Wildman–Crippen LogP) is 1.68. The van der Waals surface area contributed by atoms with Crippen LogP contribution in [0.25, 0.3) is 10.9 Å². The van der Waals surface area contributed by atoms with Crippen LogP contribution in [0.1, 0.15) is 15.9 Å². The lowest BCUT2D eigenvalue weighted by atomic mass is 10.1. The molecule has 2 aromatic carbocycles. The summed E-state index contributed by atoms with van der Waals surface area (Å²) >= 11 is 0. The number of H-pyrrole nitrogens is 1. The van der Waals surface area contributed by atoms with Crippen molar-refractivity contribution >= 4 is 22.7 Å². The topological polar surface area (TPSA) is 100 Å². The Morgan fingerprint density at radius 3 is 2.54 bits per heavy atom. The highest BCUT2D eigenvalue weighted by atomic mass is 16.5. The third kappa shape index (κ3) is 3.89. The summed E-state index contributed by atoms with van der Waals surface area (Å²) in [5.74, 6) is -0.708. The molecule has 0 saturated carbocycles. The Morgan fingerprint density at radius 2 is 1.77 bits per heavy atom. The van der Waals surface area contributed by atoms with Gasteiger partial charge in [0.2, 0.25) is 5.43 Å². The van der Waals surface area contributed by atoms with Gasteiger partial charge in [-0.1, -0.05) is 29.8 Å². The lowest BCUT2D eigenvalue weighted by molar-refractivity contribution is -0.123. The molecule has 0 radical (unpaired) electrons. The number of pyridine rings is 1. The van der Waals surface area contributed by atoms with E-state index in [1.165, 1.54) is 6.20 Å². The van der Waals surface area contributed by atoms with Gasteiger partial charge in [-0.2, -0.15) is 0 Å². The summed E-state index contributed by atoms with van der Waals surface area (Å²) in [5, 5.41) is 0.397. The summed E-state index contributed by atoms with van der Waals surface area (Å²) < 4.78 is 5.31. The van der Waals surface area contributed by atoms with Crippen LogP contribution in [0, 0.1) is 6.92 Å². The van der Waals surface area contributed by atoms with Gasteiger partial charge in [-0.25, -0.2) is 0 Å². The zero-order chi connectivity index (χ0) is 18.5. The van der Waals surface area contributed by atoms with Crippen molar-refractivity contribution in [3.8, 4) is 5.75 Å². The zero-order valence-corrected chi connectivity index (χ0v) is 14.0. The van der Waals surface area contributed by atoms with Crippen LogP contribution < -0.4 is 21.0 Å². The molecular weight excluding hydrogens is 334 g/mol. The molecule has 0 aliphatic carbocycles. The van der Waals surface area contributed by atoms with Crippen molar-refractivity contribution in [2.45, 2.75) is 6.92 Å². The van der Waals surface area contributed by atoms with Crippen LogP contribution in [-0.4, -0.2) is 23.4 Å². The minimum atomic E-state index is -0.708. The summed E-state index contributed by atoms with van der Waals surface area (Å²) in [6.45, 7) is 1.68. The molecule has 0 bridgehead atoms. The van der Waals surface area contributed by atoms with Gasteiger partial charge < -0.3 is 9.72 Å². The lowest BCUT2D eigenvalue weighted by Crippen LogP contribution is -2.45. The molecule has 3 N–H and O–H groups in total. The summed E-state index contributed by atoms with van der Waals surface area (Å²) in [5.41, 5.74) is 5.63. The molecule has 26 heavy (non-hydrogen) atoms. The van der Waals surface area contributed by atoms with E-state index in [2.05, 4.69) is 15.8 Å². The normalized spacial score (nSPS) is 10.3. The van der Waals surface area contributed by atoms with E-state index >= 15 is 0 Å². The van der Waals surface area contributed by atoms with Crippen molar-refractivity contribution in [2.75, 3.05) is 6.61 Å². The molecule has 1 aromatic heterocycles. The molecule has 1 heterocycles. The van der Waals surface area contributed by atoms with Gasteiger partial charge in [0, 0.05) is 17.1 Å². The number of benzene rings is 2. The minimum absolute atomic E-state index is 0.0940. The fraction of sp³-hybridized carbons (Fsp3) is 0.105. The maximum Gasteiger partial charge on any atom is 0.276 e. The molecule has 3 rings (SSSR count). The number of hydrogen-bond acceptors (Lipinski definition) is 4. The number of fused-ring (bicyclic) bond motifs is 1. The van der Waals surface area contributed by atoms with Gasteiger partial charge in [0.15, 0.2) is 6.61 Å². The van der Waals surface area contributed by atoms with Crippen molar-refractivity contribution in [3.63, 3.8) is 0 Å². The van der Waals surface area contributed by atoms with Gasteiger partial charge in [0.05, 0.1) is 0 Å². The standard InChI is InChI=1S/C19H17N3O4/c1-12-6-8-13(9-7-12)26-11-17(23)21-22-19(25)15-10-20-16-5-3-2-4-14(16)18(15)24/h2-10H,11H2,1H3,(H,20,24)(H,21,23)(H,22,25). The number of nitrogens with one attached hydrogen (secondary N) is 3. The molecule has 0 unspecified atom stereocenters. The van der Waals surface area contributed by atoms with Crippen molar-refractivity contribution in [1.82, 2.24) is 15.8 Å². The number of amides is 2. The third-order valence-corrected chi connectivity index (χ3v) is 3.74. The van der Waals surface area contributed by atoms with Crippen molar-refractivity contribution in [1.29, 1.82) is 0 Å². The Morgan fingerprint density at radius 1 is 1.04 bits per heavy atom. The summed E-state index contributed by atoms with van der Waals surface area (Å²) in [6.07, 6.45) is 1.31. The number of hydrogen-bond donors (Lipinski definition) is 3. The van der Waals surface area contributed by atoms with Crippen LogP contribution in [0.5, 0.6) is 5.75 Å². The third-order valence-electron chi connectivity index (χ3n) is 3.74. The van der Waals surface area contributed by atoms with Crippen LogP contribution >= 0.6 is 0 Å². The zero-order valence-electron chi connectivity index (χ0n) is 14.0. The number of rotatable bonds is 4. The molecule has 0 aliphatic heterocycles. The SMILES string of the molecule is Cc1ccc(OCC(=O)NNC(=O)c2c[nH]c3ccccc3c2=O)cc1. The highest BCUT2D eigenvalue weighted by Crippen LogP contribution is 2.11.